The predicted molar refractivity (Wildman–Crippen MR) is 97.1 cm³/mol. The number of nitrogens with one attached hydrogen (secondary N) is 2. The van der Waals surface area contributed by atoms with E-state index >= 15 is 0 Å². The normalized spacial score (nSPS) is 10.2. The number of nitrogens with two attached hydrogens (primary N) is 1. The summed E-state index contributed by atoms with van der Waals surface area (Å²) in [4.78, 5) is 19.0. The lowest BCUT2D eigenvalue weighted by atomic mass is 10.0. The van der Waals surface area contributed by atoms with Gasteiger partial charge in [-0.3, -0.25) is 5.32 Å². The molecule has 0 aliphatic carbocycles. The molecule has 1 heterocycles. The lowest BCUT2D eigenvalue weighted by Crippen LogP contribution is -2.10. The van der Waals surface area contributed by atoms with Gasteiger partial charge in [0.25, 0.3) is 0 Å². The summed E-state index contributed by atoms with van der Waals surface area (Å²) < 4.78 is 0. The molecule has 0 aliphatic heterocycles. The zero-order chi connectivity index (χ0) is 17.6. The van der Waals surface area contributed by atoms with Crippen LogP contribution in [0.2, 0.25) is 0 Å². The van der Waals surface area contributed by atoms with E-state index in [1.165, 1.54) is 6.33 Å². The van der Waals surface area contributed by atoms with Crippen LogP contribution in [0.3, 0.4) is 0 Å². The smallest absolute Gasteiger partial charge is 0.409 e. The highest BCUT2D eigenvalue weighted by molar-refractivity contribution is 5.85. The van der Waals surface area contributed by atoms with Crippen molar-refractivity contribution < 1.29 is 9.90 Å². The average molecular weight is 335 g/mol. The topological polar surface area (TPSA) is 113 Å². The summed E-state index contributed by atoms with van der Waals surface area (Å²) in [6.45, 7) is 0. The third-order valence-electron chi connectivity index (χ3n) is 3.54. The predicted octanol–water partition coefficient (Wildman–Crippen LogP) is 3.48. The molecule has 0 atom stereocenters. The van der Waals surface area contributed by atoms with Crippen molar-refractivity contribution in [1.82, 2.24) is 9.97 Å². The standard InChI is InChI=1S/C18H17N5O2/c19-16-10-17(21-11-20-16)22-14-6-7-15(23-18(24)25)13(9-14)8-12-4-2-1-3-5-12/h1-7,9-11,23H,8H2,(H,24,25)(H3,19,20,21,22). The molecular weight excluding hydrogens is 318 g/mol. The highest BCUT2D eigenvalue weighted by Crippen LogP contribution is 2.25. The number of aromatic nitrogens is 2. The fourth-order valence-corrected chi connectivity index (χ4v) is 2.46. The van der Waals surface area contributed by atoms with Crippen LogP contribution < -0.4 is 16.4 Å². The van der Waals surface area contributed by atoms with E-state index in [0.29, 0.717) is 23.7 Å². The monoisotopic (exact) mass is 335 g/mol. The lowest BCUT2D eigenvalue weighted by Gasteiger charge is -2.13. The van der Waals surface area contributed by atoms with Crippen molar-refractivity contribution in [2.75, 3.05) is 16.4 Å². The molecule has 3 aromatic rings. The first-order valence-electron chi connectivity index (χ1n) is 7.61. The van der Waals surface area contributed by atoms with Crippen molar-refractivity contribution in [3.63, 3.8) is 0 Å². The van der Waals surface area contributed by atoms with Crippen LogP contribution in [0.4, 0.5) is 27.8 Å². The summed E-state index contributed by atoms with van der Waals surface area (Å²) in [6.07, 6.45) is 0.874. The summed E-state index contributed by atoms with van der Waals surface area (Å²) in [5, 5.41) is 14.6. The van der Waals surface area contributed by atoms with E-state index < -0.39 is 6.09 Å². The van der Waals surface area contributed by atoms with Gasteiger partial charge in [0.15, 0.2) is 0 Å². The number of rotatable bonds is 5. The quantitative estimate of drug-likeness (QED) is 0.568. The van der Waals surface area contributed by atoms with Gasteiger partial charge < -0.3 is 16.2 Å². The number of anilines is 4. The Kier molecular flexibility index (Phi) is 4.75. The van der Waals surface area contributed by atoms with Crippen molar-refractivity contribution >= 4 is 29.1 Å². The van der Waals surface area contributed by atoms with E-state index in [4.69, 9.17) is 10.8 Å². The molecule has 1 aromatic heterocycles. The lowest BCUT2D eigenvalue weighted by molar-refractivity contribution is 0.209. The summed E-state index contributed by atoms with van der Waals surface area (Å²) in [5.41, 5.74) is 8.91. The maximum atomic E-state index is 11.0. The molecule has 0 spiro atoms. The minimum Gasteiger partial charge on any atom is -0.465 e. The minimum absolute atomic E-state index is 0.367. The summed E-state index contributed by atoms with van der Waals surface area (Å²) in [5.74, 6) is 0.934. The van der Waals surface area contributed by atoms with Crippen LogP contribution in [0.15, 0.2) is 60.9 Å². The Balaban J connectivity index is 1.90. The van der Waals surface area contributed by atoms with Gasteiger partial charge in [0, 0.05) is 17.4 Å². The molecule has 0 bridgehead atoms. The first kappa shape index (κ1) is 16.3. The molecule has 0 unspecified atom stereocenters. The van der Waals surface area contributed by atoms with Crippen LogP contribution in [0.25, 0.3) is 0 Å². The van der Waals surface area contributed by atoms with Gasteiger partial charge >= 0.3 is 6.09 Å². The molecule has 0 saturated heterocycles. The third-order valence-corrected chi connectivity index (χ3v) is 3.54. The number of nitrogen functional groups attached to an aromatic ring is 1. The Morgan fingerprint density at radius 1 is 1.08 bits per heavy atom. The van der Waals surface area contributed by atoms with Crippen molar-refractivity contribution in [2.45, 2.75) is 6.42 Å². The molecule has 3 rings (SSSR count). The molecule has 0 saturated carbocycles. The van der Waals surface area contributed by atoms with Crippen molar-refractivity contribution in [1.29, 1.82) is 0 Å². The highest BCUT2D eigenvalue weighted by Gasteiger charge is 2.09. The summed E-state index contributed by atoms with van der Waals surface area (Å²) in [6, 6.07) is 16.8. The third kappa shape index (κ3) is 4.44. The zero-order valence-corrected chi connectivity index (χ0v) is 13.3. The van der Waals surface area contributed by atoms with Gasteiger partial charge in [-0.1, -0.05) is 30.3 Å². The fraction of sp³-hybridized carbons (Fsp3) is 0.0556. The number of benzene rings is 2. The molecule has 126 valence electrons. The van der Waals surface area contributed by atoms with E-state index in [-0.39, 0.29) is 0 Å². The van der Waals surface area contributed by atoms with Crippen molar-refractivity contribution in [2.24, 2.45) is 0 Å². The number of carboxylic acid groups (broad SMARTS) is 1. The van der Waals surface area contributed by atoms with E-state index in [2.05, 4.69) is 20.6 Å². The summed E-state index contributed by atoms with van der Waals surface area (Å²) >= 11 is 0. The van der Waals surface area contributed by atoms with Crippen molar-refractivity contribution in [3.05, 3.63) is 72.1 Å². The van der Waals surface area contributed by atoms with Gasteiger partial charge in [-0.15, -0.1) is 0 Å². The minimum atomic E-state index is -1.10. The zero-order valence-electron chi connectivity index (χ0n) is 13.3. The van der Waals surface area contributed by atoms with Crippen molar-refractivity contribution in [3.8, 4) is 0 Å². The van der Waals surface area contributed by atoms with Crippen LogP contribution in [0, 0.1) is 0 Å². The van der Waals surface area contributed by atoms with Crippen LogP contribution in [0.5, 0.6) is 0 Å². The molecule has 7 nitrogen and oxygen atoms in total. The summed E-state index contributed by atoms with van der Waals surface area (Å²) in [7, 11) is 0. The Labute approximate surface area is 144 Å². The van der Waals surface area contributed by atoms with Crippen LogP contribution in [0.1, 0.15) is 11.1 Å². The number of hydrogen-bond donors (Lipinski definition) is 4. The molecule has 5 N–H and O–H groups in total. The fourth-order valence-electron chi connectivity index (χ4n) is 2.46. The van der Waals surface area contributed by atoms with Gasteiger partial charge in [-0.25, -0.2) is 14.8 Å². The molecule has 7 heteroatoms. The van der Waals surface area contributed by atoms with E-state index in [1.807, 2.05) is 36.4 Å². The number of nitrogens with zero attached hydrogens (tertiary/aromatic N) is 2. The molecule has 2 aromatic carbocycles. The first-order valence-corrected chi connectivity index (χ1v) is 7.61. The molecule has 1 amide bonds. The highest BCUT2D eigenvalue weighted by atomic mass is 16.4. The van der Waals surface area contributed by atoms with Gasteiger partial charge in [-0.05, 0) is 35.7 Å². The SMILES string of the molecule is Nc1cc(Nc2ccc(NC(=O)O)c(Cc3ccccc3)c2)ncn1. The Hall–Kier alpha value is -3.61. The van der Waals surface area contributed by atoms with Crippen LogP contribution in [-0.2, 0) is 6.42 Å². The van der Waals surface area contributed by atoms with Gasteiger partial charge in [0.2, 0.25) is 0 Å². The van der Waals surface area contributed by atoms with Gasteiger partial charge in [0.1, 0.15) is 18.0 Å². The number of carbonyl (C=O) groups is 1. The largest absolute Gasteiger partial charge is 0.465 e. The van der Waals surface area contributed by atoms with E-state index in [0.717, 1.165) is 16.8 Å². The maximum absolute atomic E-state index is 11.0. The first-order chi connectivity index (χ1) is 12.1. The number of amides is 1. The van der Waals surface area contributed by atoms with E-state index in [9.17, 15) is 4.79 Å². The molecule has 0 radical (unpaired) electrons. The molecular formula is C18H17N5O2. The second-order valence-corrected chi connectivity index (χ2v) is 5.42. The van der Waals surface area contributed by atoms with Crippen LogP contribution in [-0.4, -0.2) is 21.2 Å². The Morgan fingerprint density at radius 2 is 1.88 bits per heavy atom. The Morgan fingerprint density at radius 3 is 2.60 bits per heavy atom. The van der Waals surface area contributed by atoms with Gasteiger partial charge in [-0.2, -0.15) is 0 Å². The maximum Gasteiger partial charge on any atom is 0.409 e. The molecule has 25 heavy (non-hydrogen) atoms. The Bertz CT molecular complexity index is 884. The van der Waals surface area contributed by atoms with Crippen LogP contribution >= 0.6 is 0 Å². The second-order valence-electron chi connectivity index (χ2n) is 5.42. The number of hydrogen-bond acceptors (Lipinski definition) is 5. The molecule has 0 fully saturated rings. The average Bonchev–Trinajstić information content (AvgIpc) is 2.58. The second kappa shape index (κ2) is 7.31. The molecule has 0 aliphatic rings. The van der Waals surface area contributed by atoms with Gasteiger partial charge in [0.05, 0.1) is 0 Å². The van der Waals surface area contributed by atoms with E-state index in [1.54, 1.807) is 18.2 Å².